The van der Waals surface area contributed by atoms with Crippen LogP contribution in [0.2, 0.25) is 0 Å². The Bertz CT molecular complexity index is 745. The van der Waals surface area contributed by atoms with Gasteiger partial charge >= 0.3 is 0 Å². The van der Waals surface area contributed by atoms with Gasteiger partial charge in [-0.3, -0.25) is 10.2 Å². The van der Waals surface area contributed by atoms with Crippen molar-refractivity contribution in [2.75, 3.05) is 17.4 Å². The number of amides is 1. The molecule has 0 saturated heterocycles. The fourth-order valence-corrected chi connectivity index (χ4v) is 3.05. The summed E-state index contributed by atoms with van der Waals surface area (Å²) >= 11 is 1.43. The third-order valence-electron chi connectivity index (χ3n) is 3.80. The van der Waals surface area contributed by atoms with Gasteiger partial charge in [-0.25, -0.2) is 4.99 Å². The Kier molecular flexibility index (Phi) is 4.00. The zero-order valence-corrected chi connectivity index (χ0v) is 13.8. The van der Waals surface area contributed by atoms with Crippen LogP contribution in [0, 0.1) is 0 Å². The number of hydrogen-bond acceptors (Lipinski definition) is 5. The molecule has 6 heteroatoms. The maximum absolute atomic E-state index is 13.0. The van der Waals surface area contributed by atoms with Crippen LogP contribution in [0.3, 0.4) is 0 Å². The lowest BCUT2D eigenvalue weighted by Crippen LogP contribution is -2.42. The number of carbonyl (C=O) groups is 1. The van der Waals surface area contributed by atoms with Gasteiger partial charge < -0.3 is 5.73 Å². The summed E-state index contributed by atoms with van der Waals surface area (Å²) in [4.78, 5) is 17.6. The first kappa shape index (κ1) is 15.4. The SMILES string of the molecule is CSC1=N[C@](C)(c2ccc(N)cc2)C(=O)N1Nc1ccccc1. The Labute approximate surface area is 139 Å². The smallest absolute Gasteiger partial charge is 0.279 e. The number of para-hydroxylation sites is 1. The van der Waals surface area contributed by atoms with Crippen LogP contribution in [0.4, 0.5) is 11.4 Å². The topological polar surface area (TPSA) is 70.7 Å². The first-order valence-electron chi connectivity index (χ1n) is 7.21. The van der Waals surface area contributed by atoms with E-state index in [4.69, 9.17) is 5.73 Å². The Balaban J connectivity index is 1.94. The highest BCUT2D eigenvalue weighted by Crippen LogP contribution is 2.35. The second kappa shape index (κ2) is 5.96. The lowest BCUT2D eigenvalue weighted by Gasteiger charge is -2.24. The van der Waals surface area contributed by atoms with E-state index in [0.717, 1.165) is 11.3 Å². The van der Waals surface area contributed by atoms with Crippen LogP contribution in [-0.4, -0.2) is 22.3 Å². The quantitative estimate of drug-likeness (QED) is 0.851. The highest BCUT2D eigenvalue weighted by Gasteiger charge is 2.46. The zero-order chi connectivity index (χ0) is 16.4. The second-order valence-corrected chi connectivity index (χ2v) is 6.18. The van der Waals surface area contributed by atoms with Crippen molar-refractivity contribution >= 4 is 34.2 Å². The van der Waals surface area contributed by atoms with E-state index in [9.17, 15) is 4.79 Å². The maximum atomic E-state index is 13.0. The van der Waals surface area contributed by atoms with E-state index in [1.54, 1.807) is 12.1 Å². The molecule has 0 radical (unpaired) electrons. The van der Waals surface area contributed by atoms with Crippen molar-refractivity contribution in [1.29, 1.82) is 0 Å². The molecule has 5 nitrogen and oxygen atoms in total. The number of anilines is 2. The van der Waals surface area contributed by atoms with E-state index >= 15 is 0 Å². The minimum atomic E-state index is -0.951. The Morgan fingerprint density at radius 2 is 1.78 bits per heavy atom. The van der Waals surface area contributed by atoms with Crippen molar-refractivity contribution in [3.8, 4) is 0 Å². The first-order valence-corrected chi connectivity index (χ1v) is 8.43. The molecule has 1 amide bonds. The van der Waals surface area contributed by atoms with Gasteiger partial charge in [0.15, 0.2) is 10.7 Å². The number of carbonyl (C=O) groups excluding carboxylic acids is 1. The molecule has 1 aliphatic rings. The molecule has 0 aromatic heterocycles. The van der Waals surface area contributed by atoms with Crippen molar-refractivity contribution in [1.82, 2.24) is 5.01 Å². The van der Waals surface area contributed by atoms with Crippen LogP contribution in [0.25, 0.3) is 0 Å². The molecule has 0 aliphatic carbocycles. The molecule has 1 aliphatic heterocycles. The normalized spacial score (nSPS) is 20.5. The molecular formula is C17H18N4OS. The number of rotatable bonds is 3. The van der Waals surface area contributed by atoms with Crippen molar-refractivity contribution in [3.63, 3.8) is 0 Å². The van der Waals surface area contributed by atoms with Gasteiger partial charge in [0.1, 0.15) is 0 Å². The summed E-state index contributed by atoms with van der Waals surface area (Å²) in [5, 5.41) is 2.15. The Hall–Kier alpha value is -2.47. The molecular weight excluding hydrogens is 308 g/mol. The fourth-order valence-electron chi connectivity index (χ4n) is 2.47. The number of benzene rings is 2. The number of nitrogens with two attached hydrogens (primary N) is 1. The van der Waals surface area contributed by atoms with E-state index in [0.29, 0.717) is 10.9 Å². The van der Waals surface area contributed by atoms with E-state index in [1.165, 1.54) is 16.8 Å². The standard InChI is InChI=1S/C17H18N4OS/c1-17(12-8-10-13(18)11-9-12)15(22)21(16(19-17)23-2)20-14-6-4-3-5-7-14/h3-11,20H,18H2,1-2H3/t17-/m1/s1. The van der Waals surface area contributed by atoms with Crippen molar-refractivity contribution in [2.24, 2.45) is 4.99 Å². The summed E-state index contributed by atoms with van der Waals surface area (Å²) in [7, 11) is 0. The zero-order valence-electron chi connectivity index (χ0n) is 13.0. The van der Waals surface area contributed by atoms with Gasteiger partial charge in [0, 0.05) is 5.69 Å². The van der Waals surface area contributed by atoms with Crippen LogP contribution in [0.1, 0.15) is 12.5 Å². The third-order valence-corrected chi connectivity index (χ3v) is 4.44. The van der Waals surface area contributed by atoms with Crippen LogP contribution in [0.5, 0.6) is 0 Å². The number of thioether (sulfide) groups is 1. The number of nitrogens with zero attached hydrogens (tertiary/aromatic N) is 2. The summed E-state index contributed by atoms with van der Waals surface area (Å²) < 4.78 is 0. The number of nitrogen functional groups attached to an aromatic ring is 1. The highest BCUT2D eigenvalue weighted by molar-refractivity contribution is 8.13. The predicted molar refractivity (Wildman–Crippen MR) is 96.1 cm³/mol. The van der Waals surface area contributed by atoms with Crippen molar-refractivity contribution < 1.29 is 4.79 Å². The molecule has 0 saturated carbocycles. The number of aliphatic imine (C=N–C) groups is 1. The summed E-state index contributed by atoms with van der Waals surface area (Å²) in [6, 6.07) is 16.8. The number of nitrogens with one attached hydrogen (secondary N) is 1. The molecule has 1 atom stereocenters. The first-order chi connectivity index (χ1) is 11.0. The summed E-state index contributed by atoms with van der Waals surface area (Å²) in [5.41, 5.74) is 10.2. The summed E-state index contributed by atoms with van der Waals surface area (Å²) in [6.45, 7) is 1.82. The second-order valence-electron chi connectivity index (χ2n) is 5.41. The summed E-state index contributed by atoms with van der Waals surface area (Å²) in [5.74, 6) is -0.115. The van der Waals surface area contributed by atoms with E-state index in [-0.39, 0.29) is 5.91 Å². The maximum Gasteiger partial charge on any atom is 0.279 e. The van der Waals surface area contributed by atoms with Crippen molar-refractivity contribution in [2.45, 2.75) is 12.5 Å². The van der Waals surface area contributed by atoms with Crippen LogP contribution >= 0.6 is 11.8 Å². The molecule has 0 spiro atoms. The monoisotopic (exact) mass is 326 g/mol. The largest absolute Gasteiger partial charge is 0.399 e. The third kappa shape index (κ3) is 2.77. The van der Waals surface area contributed by atoms with Gasteiger partial charge in [0.05, 0.1) is 5.69 Å². The molecule has 118 valence electrons. The fraction of sp³-hybridized carbons (Fsp3) is 0.176. The lowest BCUT2D eigenvalue weighted by atomic mass is 9.92. The molecule has 0 unspecified atom stereocenters. The van der Waals surface area contributed by atoms with Gasteiger partial charge in [-0.05, 0) is 43.0 Å². The number of hydrazine groups is 1. The predicted octanol–water partition coefficient (Wildman–Crippen LogP) is 3.07. The van der Waals surface area contributed by atoms with E-state index in [1.807, 2.05) is 55.6 Å². The Morgan fingerprint density at radius 3 is 2.39 bits per heavy atom. The molecule has 0 bridgehead atoms. The molecule has 3 N–H and O–H groups in total. The average molecular weight is 326 g/mol. The van der Waals surface area contributed by atoms with Crippen molar-refractivity contribution in [3.05, 3.63) is 60.2 Å². The minimum Gasteiger partial charge on any atom is -0.399 e. The Morgan fingerprint density at radius 1 is 1.13 bits per heavy atom. The lowest BCUT2D eigenvalue weighted by molar-refractivity contribution is -0.129. The molecule has 2 aromatic rings. The highest BCUT2D eigenvalue weighted by atomic mass is 32.2. The number of hydrogen-bond donors (Lipinski definition) is 2. The van der Waals surface area contributed by atoms with Crippen LogP contribution in [-0.2, 0) is 10.3 Å². The molecule has 1 heterocycles. The molecule has 3 rings (SSSR count). The molecule has 0 fully saturated rings. The van der Waals surface area contributed by atoms with Gasteiger partial charge in [-0.15, -0.1) is 0 Å². The molecule has 23 heavy (non-hydrogen) atoms. The van der Waals surface area contributed by atoms with E-state index in [2.05, 4.69) is 10.4 Å². The summed E-state index contributed by atoms with van der Waals surface area (Å²) in [6.07, 6.45) is 1.90. The minimum absolute atomic E-state index is 0.115. The van der Waals surface area contributed by atoms with E-state index < -0.39 is 5.54 Å². The molecule has 2 aromatic carbocycles. The average Bonchev–Trinajstić information content (AvgIpc) is 2.82. The van der Waals surface area contributed by atoms with Gasteiger partial charge in [-0.2, -0.15) is 5.01 Å². The van der Waals surface area contributed by atoms with Gasteiger partial charge in [-0.1, -0.05) is 42.1 Å². The van der Waals surface area contributed by atoms with Gasteiger partial charge in [0.2, 0.25) is 0 Å². The van der Waals surface area contributed by atoms with Crippen LogP contribution < -0.4 is 11.2 Å². The van der Waals surface area contributed by atoms with Crippen LogP contribution in [0.15, 0.2) is 59.6 Å². The van der Waals surface area contributed by atoms with Gasteiger partial charge in [0.25, 0.3) is 5.91 Å². The number of amidine groups is 1.